The van der Waals surface area contributed by atoms with Gasteiger partial charge in [0.25, 0.3) is 0 Å². The fraction of sp³-hybridized carbons (Fsp3) is 1.00. The lowest BCUT2D eigenvalue weighted by Crippen LogP contribution is -1.95. The molecule has 5 heteroatoms. The molecule has 0 aromatic carbocycles. The average Bonchev–Trinajstić information content (AvgIpc) is 2.20. The summed E-state index contributed by atoms with van der Waals surface area (Å²) < 4.78 is 22.1. The Morgan fingerprint density at radius 2 is 1.33 bits per heavy atom. The smallest absolute Gasteiger partial charge is 0.301 e. The monoisotopic (exact) mass is 348 g/mol. The standard InChI is InChI=1S/C10H22IO3P/c1-3-5-7-9-13-15(11,12)14-10-8-6-4-2/h3-10H2,1-2H3. The van der Waals surface area contributed by atoms with Gasteiger partial charge in [0.05, 0.1) is 35.3 Å². The molecule has 0 aliphatic rings. The summed E-state index contributed by atoms with van der Waals surface area (Å²) in [5.41, 5.74) is 0. The van der Waals surface area contributed by atoms with E-state index in [1.165, 1.54) is 0 Å². The van der Waals surface area contributed by atoms with E-state index in [1.54, 1.807) is 22.0 Å². The lowest BCUT2D eigenvalue weighted by Gasteiger charge is -2.11. The third-order valence-corrected chi connectivity index (χ3v) is 4.64. The third-order valence-electron chi connectivity index (χ3n) is 1.99. The van der Waals surface area contributed by atoms with Crippen molar-refractivity contribution in [3.8, 4) is 0 Å². The maximum absolute atomic E-state index is 11.7. The molecule has 0 aromatic heterocycles. The normalized spacial score (nSPS) is 11.9. The highest BCUT2D eigenvalue weighted by atomic mass is 127. The zero-order valence-electron chi connectivity index (χ0n) is 9.71. The van der Waals surface area contributed by atoms with E-state index in [2.05, 4.69) is 13.8 Å². The van der Waals surface area contributed by atoms with Crippen LogP contribution in [0.15, 0.2) is 0 Å². The zero-order valence-corrected chi connectivity index (χ0v) is 12.8. The molecule has 0 radical (unpaired) electrons. The minimum atomic E-state index is -2.80. The topological polar surface area (TPSA) is 35.5 Å². The summed E-state index contributed by atoms with van der Waals surface area (Å²) in [6.45, 7) is 5.35. The molecule has 0 bridgehead atoms. The molecular weight excluding hydrogens is 326 g/mol. The van der Waals surface area contributed by atoms with Gasteiger partial charge in [0.2, 0.25) is 0 Å². The molecule has 0 atom stereocenters. The second-order valence-corrected chi connectivity index (χ2v) is 8.43. The van der Waals surface area contributed by atoms with E-state index in [-0.39, 0.29) is 0 Å². The van der Waals surface area contributed by atoms with Crippen LogP contribution in [0, 0.1) is 0 Å². The van der Waals surface area contributed by atoms with Crippen molar-refractivity contribution < 1.29 is 13.6 Å². The van der Waals surface area contributed by atoms with Crippen molar-refractivity contribution in [1.29, 1.82) is 0 Å². The molecule has 0 aliphatic carbocycles. The summed E-state index contributed by atoms with van der Waals surface area (Å²) in [5, 5.41) is -2.80. The van der Waals surface area contributed by atoms with Crippen LogP contribution in [0.3, 0.4) is 0 Å². The molecule has 0 N–H and O–H groups in total. The Balaban J connectivity index is 3.45. The van der Waals surface area contributed by atoms with E-state index in [0.29, 0.717) is 13.2 Å². The lowest BCUT2D eigenvalue weighted by atomic mass is 10.3. The van der Waals surface area contributed by atoms with E-state index in [4.69, 9.17) is 9.05 Å². The Bertz CT molecular complexity index is 172. The second kappa shape index (κ2) is 10.1. The number of halogens is 1. The Morgan fingerprint density at radius 3 is 1.67 bits per heavy atom. The molecular formula is C10H22IO3P. The van der Waals surface area contributed by atoms with E-state index in [0.717, 1.165) is 38.5 Å². The Kier molecular flexibility index (Phi) is 10.7. The molecule has 0 amide bonds. The molecule has 15 heavy (non-hydrogen) atoms. The van der Waals surface area contributed by atoms with E-state index >= 15 is 0 Å². The van der Waals surface area contributed by atoms with Gasteiger partial charge < -0.3 is 9.05 Å². The predicted octanol–water partition coefficient (Wildman–Crippen LogP) is 4.94. The summed E-state index contributed by atoms with van der Waals surface area (Å²) >= 11 is 1.79. The first-order chi connectivity index (χ1) is 7.12. The molecule has 0 aliphatic heterocycles. The summed E-state index contributed by atoms with van der Waals surface area (Å²) in [6, 6.07) is 0. The maximum atomic E-state index is 11.7. The van der Waals surface area contributed by atoms with Crippen LogP contribution in [-0.4, -0.2) is 13.2 Å². The largest absolute Gasteiger partial charge is 0.388 e. The van der Waals surface area contributed by atoms with Crippen LogP contribution in [0.25, 0.3) is 0 Å². The van der Waals surface area contributed by atoms with Crippen molar-refractivity contribution in [2.45, 2.75) is 52.4 Å². The zero-order chi connectivity index (χ0) is 11.6. The molecule has 92 valence electrons. The quantitative estimate of drug-likeness (QED) is 0.319. The van der Waals surface area contributed by atoms with Crippen molar-refractivity contribution in [1.82, 2.24) is 0 Å². The number of hydrogen-bond acceptors (Lipinski definition) is 3. The van der Waals surface area contributed by atoms with Crippen LogP contribution in [0.4, 0.5) is 0 Å². The molecule has 0 saturated carbocycles. The van der Waals surface area contributed by atoms with Crippen LogP contribution in [0.1, 0.15) is 52.4 Å². The summed E-state index contributed by atoms with van der Waals surface area (Å²) in [4.78, 5) is 0. The van der Waals surface area contributed by atoms with Crippen LogP contribution in [-0.2, 0) is 13.6 Å². The molecule has 0 aromatic rings. The highest BCUT2D eigenvalue weighted by Crippen LogP contribution is 2.56. The van der Waals surface area contributed by atoms with Crippen LogP contribution >= 0.6 is 27.3 Å². The van der Waals surface area contributed by atoms with Gasteiger partial charge >= 0.3 is 5.24 Å². The van der Waals surface area contributed by atoms with Gasteiger partial charge in [-0.05, 0) is 12.8 Å². The first-order valence-electron chi connectivity index (χ1n) is 5.71. The Labute approximate surface area is 106 Å². The molecule has 0 saturated heterocycles. The maximum Gasteiger partial charge on any atom is 0.388 e. The van der Waals surface area contributed by atoms with Crippen molar-refractivity contribution in [3.63, 3.8) is 0 Å². The Hall–Kier alpha value is 0.880. The highest BCUT2D eigenvalue weighted by molar-refractivity contribution is 14.2. The second-order valence-electron chi connectivity index (χ2n) is 3.51. The van der Waals surface area contributed by atoms with E-state index in [9.17, 15) is 4.57 Å². The van der Waals surface area contributed by atoms with Crippen LogP contribution < -0.4 is 0 Å². The van der Waals surface area contributed by atoms with Gasteiger partial charge in [-0.1, -0.05) is 39.5 Å². The SMILES string of the molecule is CCCCCOP(=O)(I)OCCCCC. The fourth-order valence-corrected chi connectivity index (χ4v) is 3.04. The molecule has 0 rings (SSSR count). The van der Waals surface area contributed by atoms with Gasteiger partial charge in [-0.25, -0.2) is 4.57 Å². The average molecular weight is 348 g/mol. The van der Waals surface area contributed by atoms with Crippen LogP contribution in [0.2, 0.25) is 0 Å². The van der Waals surface area contributed by atoms with Crippen molar-refractivity contribution in [2.75, 3.05) is 13.2 Å². The fourth-order valence-electron chi connectivity index (χ4n) is 1.09. The number of rotatable bonds is 10. The number of unbranched alkanes of at least 4 members (excludes halogenated alkanes) is 4. The first-order valence-corrected chi connectivity index (χ1v) is 10.0. The van der Waals surface area contributed by atoms with Gasteiger partial charge in [-0.15, -0.1) is 0 Å². The highest BCUT2D eigenvalue weighted by Gasteiger charge is 2.18. The van der Waals surface area contributed by atoms with Gasteiger partial charge in [-0.2, -0.15) is 0 Å². The third kappa shape index (κ3) is 11.1. The molecule has 0 spiro atoms. The molecule has 0 fully saturated rings. The first kappa shape index (κ1) is 15.9. The Morgan fingerprint density at radius 1 is 0.933 bits per heavy atom. The van der Waals surface area contributed by atoms with Crippen molar-refractivity contribution in [3.05, 3.63) is 0 Å². The minimum Gasteiger partial charge on any atom is -0.301 e. The number of hydrogen-bond donors (Lipinski definition) is 0. The van der Waals surface area contributed by atoms with Crippen molar-refractivity contribution >= 4 is 27.3 Å². The van der Waals surface area contributed by atoms with E-state index in [1.807, 2.05) is 0 Å². The van der Waals surface area contributed by atoms with Gasteiger partial charge in [0.1, 0.15) is 0 Å². The van der Waals surface area contributed by atoms with Crippen LogP contribution in [0.5, 0.6) is 0 Å². The van der Waals surface area contributed by atoms with E-state index < -0.39 is 5.24 Å². The summed E-state index contributed by atoms with van der Waals surface area (Å²) in [7, 11) is 0. The molecule has 0 unspecified atom stereocenters. The van der Waals surface area contributed by atoms with Gasteiger partial charge in [0, 0.05) is 0 Å². The minimum absolute atomic E-state index is 0.543. The summed E-state index contributed by atoms with van der Waals surface area (Å²) in [6.07, 6.45) is 6.45. The summed E-state index contributed by atoms with van der Waals surface area (Å²) in [5.74, 6) is 0. The van der Waals surface area contributed by atoms with Gasteiger partial charge in [-0.3, -0.25) is 0 Å². The molecule has 0 heterocycles. The predicted molar refractivity (Wildman–Crippen MR) is 72.6 cm³/mol. The van der Waals surface area contributed by atoms with Crippen molar-refractivity contribution in [2.24, 2.45) is 0 Å². The van der Waals surface area contributed by atoms with Gasteiger partial charge in [0.15, 0.2) is 0 Å². The lowest BCUT2D eigenvalue weighted by molar-refractivity contribution is 0.216. The molecule has 3 nitrogen and oxygen atoms in total.